The molecule has 5 atom stereocenters. The summed E-state index contributed by atoms with van der Waals surface area (Å²) in [4.78, 5) is 73.3. The number of esters is 4. The number of hydrogen-bond acceptors (Lipinski definition) is 15. The summed E-state index contributed by atoms with van der Waals surface area (Å²) in [6.45, 7) is 7.39. The topological polar surface area (TPSA) is 237 Å². The standard InChI is InChI=1S/C89H174O17P2/c1-6-9-12-15-18-21-24-26-28-30-32-34-36-38-40-45-49-54-59-64-69-74-88(93)106-85(79-100-87(92)73-68-63-58-53-48-44-39-37-35-33-31-29-27-25-22-19-16-13-10-7-2)81-104-108(97,98)102-77-83(90)76-101-107(95,96)103-80-84(78-99-86(91)72-67-62-57-52-23-20-17-14-11-8-3)105-89(94)75-70-65-60-55-50-46-42-41-43-47-51-56-61-66-71-82(4)5/h82-85,90H,6-81H2,1-5H3,(H,95,96)(H,97,98)/t83-,84+,85+/m0/s1. The molecule has 0 radical (unpaired) electrons. The van der Waals surface area contributed by atoms with Crippen LogP contribution in [-0.2, 0) is 65.4 Å². The minimum atomic E-state index is -4.97. The number of unbranched alkanes of at least 4 members (excludes halogenated alkanes) is 61. The van der Waals surface area contributed by atoms with Crippen molar-refractivity contribution < 1.29 is 80.2 Å². The van der Waals surface area contributed by atoms with Crippen LogP contribution in [0, 0.1) is 5.92 Å². The molecule has 0 spiro atoms. The second kappa shape index (κ2) is 81.6. The number of carbonyl (C=O) groups is 4. The molecule has 0 aromatic heterocycles. The molecule has 0 amide bonds. The van der Waals surface area contributed by atoms with E-state index in [1.807, 2.05) is 0 Å². The third-order valence-electron chi connectivity index (χ3n) is 21.0. The van der Waals surface area contributed by atoms with E-state index < -0.39 is 97.5 Å². The molecule has 0 aliphatic rings. The Morgan fingerprint density at radius 2 is 0.426 bits per heavy atom. The van der Waals surface area contributed by atoms with Gasteiger partial charge in [0.25, 0.3) is 0 Å². The van der Waals surface area contributed by atoms with E-state index in [9.17, 15) is 43.2 Å². The van der Waals surface area contributed by atoms with Crippen LogP contribution in [0.2, 0.25) is 0 Å². The van der Waals surface area contributed by atoms with Gasteiger partial charge in [0.2, 0.25) is 0 Å². The van der Waals surface area contributed by atoms with E-state index in [-0.39, 0.29) is 25.7 Å². The van der Waals surface area contributed by atoms with Gasteiger partial charge in [-0.25, -0.2) is 9.13 Å². The Morgan fingerprint density at radius 1 is 0.250 bits per heavy atom. The summed E-state index contributed by atoms with van der Waals surface area (Å²) in [5, 5.41) is 10.7. The van der Waals surface area contributed by atoms with Crippen molar-refractivity contribution in [2.24, 2.45) is 5.92 Å². The number of hydrogen-bond donors (Lipinski definition) is 3. The van der Waals surface area contributed by atoms with Gasteiger partial charge < -0.3 is 33.8 Å². The van der Waals surface area contributed by atoms with Gasteiger partial charge >= 0.3 is 39.5 Å². The Bertz CT molecular complexity index is 2050. The second-order valence-corrected chi connectivity index (χ2v) is 35.4. The van der Waals surface area contributed by atoms with E-state index in [1.165, 1.54) is 308 Å². The minimum Gasteiger partial charge on any atom is -0.462 e. The van der Waals surface area contributed by atoms with Crippen molar-refractivity contribution in [1.82, 2.24) is 0 Å². The maximum atomic E-state index is 13.2. The average Bonchev–Trinajstić information content (AvgIpc) is 0.899. The number of ether oxygens (including phenoxy) is 4. The van der Waals surface area contributed by atoms with Gasteiger partial charge in [-0.3, -0.25) is 37.3 Å². The predicted molar refractivity (Wildman–Crippen MR) is 446 cm³/mol. The van der Waals surface area contributed by atoms with Crippen LogP contribution < -0.4 is 0 Å². The molecule has 2 unspecified atom stereocenters. The van der Waals surface area contributed by atoms with Crippen LogP contribution >= 0.6 is 15.6 Å². The third-order valence-corrected chi connectivity index (χ3v) is 22.9. The molecule has 17 nitrogen and oxygen atoms in total. The Labute approximate surface area is 664 Å². The summed E-state index contributed by atoms with van der Waals surface area (Å²) >= 11 is 0. The van der Waals surface area contributed by atoms with Crippen molar-refractivity contribution >= 4 is 39.5 Å². The molecule has 0 bridgehead atoms. The fourth-order valence-corrected chi connectivity index (χ4v) is 15.6. The van der Waals surface area contributed by atoms with Crippen LogP contribution in [0.3, 0.4) is 0 Å². The zero-order valence-electron chi connectivity index (χ0n) is 71.0. The van der Waals surface area contributed by atoms with Gasteiger partial charge in [0.15, 0.2) is 12.2 Å². The van der Waals surface area contributed by atoms with Crippen molar-refractivity contribution in [3.63, 3.8) is 0 Å². The molecule has 3 N–H and O–H groups in total. The highest BCUT2D eigenvalue weighted by Crippen LogP contribution is 2.45. The number of phosphoric ester groups is 2. The third kappa shape index (κ3) is 82.1. The van der Waals surface area contributed by atoms with Gasteiger partial charge in [0.05, 0.1) is 26.4 Å². The lowest BCUT2D eigenvalue weighted by molar-refractivity contribution is -0.161. The molecule has 0 aromatic carbocycles. The van der Waals surface area contributed by atoms with Gasteiger partial charge in [0.1, 0.15) is 19.3 Å². The van der Waals surface area contributed by atoms with Gasteiger partial charge in [-0.05, 0) is 31.6 Å². The first-order valence-corrected chi connectivity index (χ1v) is 49.1. The van der Waals surface area contributed by atoms with E-state index >= 15 is 0 Å². The molecule has 0 heterocycles. The maximum Gasteiger partial charge on any atom is 0.472 e. The van der Waals surface area contributed by atoms with Crippen molar-refractivity contribution in [1.29, 1.82) is 0 Å². The highest BCUT2D eigenvalue weighted by atomic mass is 31.2. The van der Waals surface area contributed by atoms with Crippen LogP contribution in [0.25, 0.3) is 0 Å². The first-order valence-electron chi connectivity index (χ1n) is 46.1. The van der Waals surface area contributed by atoms with Crippen molar-refractivity contribution in [2.75, 3.05) is 39.6 Å². The van der Waals surface area contributed by atoms with Crippen LogP contribution in [-0.4, -0.2) is 96.7 Å². The zero-order chi connectivity index (χ0) is 79.0. The smallest absolute Gasteiger partial charge is 0.462 e. The van der Waals surface area contributed by atoms with E-state index in [4.69, 9.17) is 37.0 Å². The summed E-state index contributed by atoms with van der Waals surface area (Å²) in [6.07, 6.45) is 76.5. The number of rotatable bonds is 89. The quantitative estimate of drug-likeness (QED) is 0.0222. The van der Waals surface area contributed by atoms with E-state index in [0.717, 1.165) is 95.8 Å². The molecule has 108 heavy (non-hydrogen) atoms. The molecule has 19 heteroatoms. The Hall–Kier alpha value is -1.94. The lowest BCUT2D eigenvalue weighted by Gasteiger charge is -2.21. The van der Waals surface area contributed by atoms with Gasteiger partial charge in [0, 0.05) is 25.7 Å². The van der Waals surface area contributed by atoms with Gasteiger partial charge in [-0.1, -0.05) is 433 Å². The van der Waals surface area contributed by atoms with Crippen LogP contribution in [0.4, 0.5) is 0 Å². The van der Waals surface area contributed by atoms with Crippen LogP contribution in [0.1, 0.15) is 484 Å². The minimum absolute atomic E-state index is 0.108. The van der Waals surface area contributed by atoms with Crippen molar-refractivity contribution in [3.8, 4) is 0 Å². The summed E-state index contributed by atoms with van der Waals surface area (Å²) in [5.41, 5.74) is 0. The number of aliphatic hydroxyl groups is 1. The first-order chi connectivity index (χ1) is 52.5. The Morgan fingerprint density at radius 3 is 0.630 bits per heavy atom. The van der Waals surface area contributed by atoms with Crippen LogP contribution in [0.5, 0.6) is 0 Å². The van der Waals surface area contributed by atoms with Crippen molar-refractivity contribution in [3.05, 3.63) is 0 Å². The monoisotopic (exact) mass is 1580 g/mol. The Balaban J connectivity index is 5.21. The summed E-state index contributed by atoms with van der Waals surface area (Å²) in [7, 11) is -9.93. The molecular weight excluding hydrogens is 1400 g/mol. The molecular formula is C89H174O17P2. The van der Waals surface area contributed by atoms with Crippen LogP contribution in [0.15, 0.2) is 0 Å². The Kier molecular flexibility index (Phi) is 80.2. The molecule has 0 saturated heterocycles. The lowest BCUT2D eigenvalue weighted by Crippen LogP contribution is -2.30. The molecule has 0 aliphatic heterocycles. The van der Waals surface area contributed by atoms with E-state index in [2.05, 4.69) is 34.6 Å². The maximum absolute atomic E-state index is 13.2. The largest absolute Gasteiger partial charge is 0.472 e. The highest BCUT2D eigenvalue weighted by molar-refractivity contribution is 7.47. The fraction of sp³-hybridized carbons (Fsp3) is 0.955. The second-order valence-electron chi connectivity index (χ2n) is 32.5. The molecule has 0 fully saturated rings. The van der Waals surface area contributed by atoms with Crippen molar-refractivity contribution in [2.45, 2.75) is 502 Å². The number of phosphoric acid groups is 2. The lowest BCUT2D eigenvalue weighted by atomic mass is 10.0. The van der Waals surface area contributed by atoms with E-state index in [0.29, 0.717) is 25.7 Å². The number of aliphatic hydroxyl groups excluding tert-OH is 1. The predicted octanol–water partition coefficient (Wildman–Crippen LogP) is 27.5. The molecule has 0 aromatic rings. The highest BCUT2D eigenvalue weighted by Gasteiger charge is 2.30. The zero-order valence-corrected chi connectivity index (χ0v) is 72.8. The summed E-state index contributed by atoms with van der Waals surface area (Å²) in [6, 6.07) is 0. The molecule has 0 rings (SSSR count). The average molecular weight is 1580 g/mol. The van der Waals surface area contributed by atoms with E-state index in [1.54, 1.807) is 0 Å². The fourth-order valence-electron chi connectivity index (χ4n) is 14.0. The van der Waals surface area contributed by atoms with Gasteiger partial charge in [-0.15, -0.1) is 0 Å². The molecule has 0 saturated carbocycles. The first kappa shape index (κ1) is 106. The SMILES string of the molecule is CCCCCCCCCCCCCCCCCCCCCCCC(=O)O[C@H](COC(=O)CCCCCCCCCCCCCCCCCCCCCC)COP(=O)(O)OC[C@@H](O)COP(=O)(O)OC[C@@H](COC(=O)CCCCCCCCCCCC)OC(=O)CCCCCCCCCCCCCCCCC(C)C. The van der Waals surface area contributed by atoms with Gasteiger partial charge in [-0.2, -0.15) is 0 Å². The summed E-state index contributed by atoms with van der Waals surface area (Å²) in [5.74, 6) is -1.30. The summed E-state index contributed by atoms with van der Waals surface area (Å²) < 4.78 is 69.0. The molecule has 642 valence electrons. The molecule has 0 aliphatic carbocycles. The normalized spacial score (nSPS) is 13.7. The number of carbonyl (C=O) groups excluding carboxylic acids is 4.